The first kappa shape index (κ1) is 18.1. The van der Waals surface area contributed by atoms with E-state index in [1.165, 1.54) is 37.9 Å². The molecule has 1 aromatic carbocycles. The predicted molar refractivity (Wildman–Crippen MR) is 84.6 cm³/mol. The Labute approximate surface area is 135 Å². The minimum atomic E-state index is -4.15. The van der Waals surface area contributed by atoms with Gasteiger partial charge in [0.15, 0.2) is 0 Å². The molecule has 1 aliphatic rings. The molecular weight excluding hydrogens is 305 g/mol. The van der Waals surface area contributed by atoms with Crippen LogP contribution >= 0.6 is 0 Å². The van der Waals surface area contributed by atoms with Crippen LogP contribution in [0.3, 0.4) is 0 Å². The Bertz CT molecular complexity index is 442. The van der Waals surface area contributed by atoms with E-state index in [-0.39, 0.29) is 0 Å². The van der Waals surface area contributed by atoms with Gasteiger partial charge in [0, 0.05) is 6.54 Å². The van der Waals surface area contributed by atoms with Gasteiger partial charge in [0.2, 0.25) is 0 Å². The summed E-state index contributed by atoms with van der Waals surface area (Å²) in [6.07, 6.45) is 0.297. The van der Waals surface area contributed by atoms with Gasteiger partial charge in [0.25, 0.3) is 0 Å². The number of benzene rings is 1. The van der Waals surface area contributed by atoms with E-state index in [9.17, 15) is 13.2 Å². The standard InChI is InChI=1S/C17H25F3N2O/c18-17(19,20)14-21-9-4-12-23-16-7-5-15(6-8-16)13-22-10-2-1-3-11-22/h5-8,21H,1-4,9-14H2. The third-order valence-corrected chi connectivity index (χ3v) is 3.87. The van der Waals surface area contributed by atoms with Crippen molar-refractivity contribution in [3.63, 3.8) is 0 Å². The average molecular weight is 330 g/mol. The smallest absolute Gasteiger partial charge is 0.401 e. The highest BCUT2D eigenvalue weighted by Gasteiger charge is 2.25. The Balaban J connectivity index is 1.61. The zero-order valence-corrected chi connectivity index (χ0v) is 13.4. The summed E-state index contributed by atoms with van der Waals surface area (Å²) in [5, 5.41) is 2.36. The number of ether oxygens (including phenoxy) is 1. The van der Waals surface area contributed by atoms with Gasteiger partial charge in [-0.1, -0.05) is 18.6 Å². The van der Waals surface area contributed by atoms with Crippen LogP contribution in [0.4, 0.5) is 13.2 Å². The van der Waals surface area contributed by atoms with Crippen molar-refractivity contribution in [2.24, 2.45) is 0 Å². The number of rotatable bonds is 8. The maximum atomic E-state index is 11.9. The van der Waals surface area contributed by atoms with Crippen LogP contribution in [0.25, 0.3) is 0 Å². The SMILES string of the molecule is FC(F)(F)CNCCCOc1ccc(CN2CCCCC2)cc1. The van der Waals surface area contributed by atoms with Crippen molar-refractivity contribution >= 4 is 0 Å². The van der Waals surface area contributed by atoms with E-state index in [0.29, 0.717) is 19.6 Å². The van der Waals surface area contributed by atoms with Crippen LogP contribution in [0.1, 0.15) is 31.2 Å². The van der Waals surface area contributed by atoms with Crippen molar-refractivity contribution in [1.82, 2.24) is 10.2 Å². The van der Waals surface area contributed by atoms with Crippen LogP contribution in [0.15, 0.2) is 24.3 Å². The molecule has 0 radical (unpaired) electrons. The number of piperidine rings is 1. The minimum absolute atomic E-state index is 0.298. The Kier molecular flexibility index (Phi) is 7.17. The fourth-order valence-electron chi connectivity index (χ4n) is 2.68. The molecule has 0 unspecified atom stereocenters. The zero-order chi connectivity index (χ0) is 16.5. The molecule has 0 aliphatic carbocycles. The number of hydrogen-bond donors (Lipinski definition) is 1. The summed E-state index contributed by atoms with van der Waals surface area (Å²) in [6.45, 7) is 3.08. The molecule has 23 heavy (non-hydrogen) atoms. The van der Waals surface area contributed by atoms with Crippen LogP contribution in [0.5, 0.6) is 5.75 Å². The largest absolute Gasteiger partial charge is 0.494 e. The van der Waals surface area contributed by atoms with Gasteiger partial charge >= 0.3 is 6.18 Å². The van der Waals surface area contributed by atoms with Crippen molar-refractivity contribution in [2.75, 3.05) is 32.8 Å². The number of nitrogens with one attached hydrogen (secondary N) is 1. The van der Waals surface area contributed by atoms with Crippen LogP contribution in [0, 0.1) is 0 Å². The van der Waals surface area contributed by atoms with Gasteiger partial charge in [-0.15, -0.1) is 0 Å². The Morgan fingerprint density at radius 2 is 1.74 bits per heavy atom. The maximum absolute atomic E-state index is 11.9. The quantitative estimate of drug-likeness (QED) is 0.737. The van der Waals surface area contributed by atoms with E-state index in [1.807, 2.05) is 12.1 Å². The monoisotopic (exact) mass is 330 g/mol. The van der Waals surface area contributed by atoms with Crippen LogP contribution < -0.4 is 10.1 Å². The normalized spacial score (nSPS) is 16.5. The Hall–Kier alpha value is -1.27. The van der Waals surface area contributed by atoms with Gasteiger partial charge in [-0.05, 0) is 56.6 Å². The molecule has 6 heteroatoms. The summed E-state index contributed by atoms with van der Waals surface area (Å²) in [7, 11) is 0. The third kappa shape index (κ3) is 7.70. The summed E-state index contributed by atoms with van der Waals surface area (Å²) in [4.78, 5) is 2.46. The summed E-state index contributed by atoms with van der Waals surface area (Å²) in [6, 6.07) is 7.99. The lowest BCUT2D eigenvalue weighted by molar-refractivity contribution is -0.124. The molecule has 0 saturated carbocycles. The molecule has 1 aromatic rings. The first-order chi connectivity index (χ1) is 11.0. The molecule has 2 rings (SSSR count). The molecule has 1 fully saturated rings. The molecule has 1 heterocycles. The molecule has 1 saturated heterocycles. The second kappa shape index (κ2) is 9.13. The number of nitrogens with zero attached hydrogens (tertiary/aromatic N) is 1. The molecule has 3 nitrogen and oxygen atoms in total. The van der Waals surface area contributed by atoms with Gasteiger partial charge in [-0.25, -0.2) is 0 Å². The van der Waals surface area contributed by atoms with E-state index in [2.05, 4.69) is 22.3 Å². The Morgan fingerprint density at radius 1 is 1.04 bits per heavy atom. The molecular formula is C17H25F3N2O. The molecule has 0 atom stereocenters. The molecule has 0 bridgehead atoms. The van der Waals surface area contributed by atoms with Crippen molar-refractivity contribution in [3.05, 3.63) is 29.8 Å². The average Bonchev–Trinajstić information content (AvgIpc) is 2.52. The van der Waals surface area contributed by atoms with E-state index >= 15 is 0 Å². The van der Waals surface area contributed by atoms with Crippen molar-refractivity contribution < 1.29 is 17.9 Å². The highest BCUT2D eigenvalue weighted by Crippen LogP contribution is 2.16. The second-order valence-electron chi connectivity index (χ2n) is 5.97. The highest BCUT2D eigenvalue weighted by molar-refractivity contribution is 5.27. The Morgan fingerprint density at radius 3 is 2.39 bits per heavy atom. The van der Waals surface area contributed by atoms with Gasteiger partial charge in [-0.3, -0.25) is 4.90 Å². The third-order valence-electron chi connectivity index (χ3n) is 3.87. The van der Waals surface area contributed by atoms with E-state index < -0.39 is 12.7 Å². The summed E-state index contributed by atoms with van der Waals surface area (Å²) in [5.41, 5.74) is 1.27. The lowest BCUT2D eigenvalue weighted by Gasteiger charge is -2.26. The van der Waals surface area contributed by atoms with Crippen molar-refractivity contribution in [3.8, 4) is 5.75 Å². The molecule has 0 aromatic heterocycles. The lowest BCUT2D eigenvalue weighted by Crippen LogP contribution is -2.30. The topological polar surface area (TPSA) is 24.5 Å². The zero-order valence-electron chi connectivity index (χ0n) is 13.4. The van der Waals surface area contributed by atoms with E-state index in [4.69, 9.17) is 4.74 Å². The summed E-state index contributed by atoms with van der Waals surface area (Å²) in [5.74, 6) is 0.767. The van der Waals surface area contributed by atoms with Gasteiger partial charge in [-0.2, -0.15) is 13.2 Å². The molecule has 130 valence electrons. The van der Waals surface area contributed by atoms with Crippen molar-refractivity contribution in [2.45, 2.75) is 38.4 Å². The first-order valence-corrected chi connectivity index (χ1v) is 8.24. The molecule has 0 amide bonds. The first-order valence-electron chi connectivity index (χ1n) is 8.24. The fourth-order valence-corrected chi connectivity index (χ4v) is 2.68. The van der Waals surface area contributed by atoms with Crippen molar-refractivity contribution in [1.29, 1.82) is 0 Å². The van der Waals surface area contributed by atoms with Crippen LogP contribution in [-0.4, -0.2) is 43.9 Å². The number of halogens is 3. The summed E-state index contributed by atoms with van der Waals surface area (Å²) < 4.78 is 41.4. The maximum Gasteiger partial charge on any atom is 0.401 e. The molecule has 0 spiro atoms. The van der Waals surface area contributed by atoms with Gasteiger partial charge < -0.3 is 10.1 Å². The number of alkyl halides is 3. The minimum Gasteiger partial charge on any atom is -0.494 e. The number of likely N-dealkylation sites (tertiary alicyclic amines) is 1. The van der Waals surface area contributed by atoms with Gasteiger partial charge in [0.1, 0.15) is 5.75 Å². The van der Waals surface area contributed by atoms with E-state index in [1.54, 1.807) is 0 Å². The lowest BCUT2D eigenvalue weighted by atomic mass is 10.1. The van der Waals surface area contributed by atoms with E-state index in [0.717, 1.165) is 12.3 Å². The van der Waals surface area contributed by atoms with Crippen LogP contribution in [0.2, 0.25) is 0 Å². The van der Waals surface area contributed by atoms with Crippen LogP contribution in [-0.2, 0) is 6.54 Å². The van der Waals surface area contributed by atoms with Gasteiger partial charge in [0.05, 0.1) is 13.2 Å². The number of hydrogen-bond acceptors (Lipinski definition) is 3. The molecule has 1 aliphatic heterocycles. The molecule has 1 N–H and O–H groups in total. The highest BCUT2D eigenvalue weighted by atomic mass is 19.4. The fraction of sp³-hybridized carbons (Fsp3) is 0.647. The second-order valence-corrected chi connectivity index (χ2v) is 5.97. The predicted octanol–water partition coefficient (Wildman–Crippen LogP) is 3.59. The summed E-state index contributed by atoms with van der Waals surface area (Å²) >= 11 is 0.